The van der Waals surface area contributed by atoms with Crippen LogP contribution in [-0.4, -0.2) is 27.9 Å². The molecule has 3 heterocycles. The maximum atomic E-state index is 12.7. The Morgan fingerprint density at radius 1 is 1.18 bits per heavy atom. The van der Waals surface area contributed by atoms with Crippen LogP contribution in [0.5, 0.6) is 0 Å². The SMILES string of the molecule is O=C(c1csc(-c2cccc(Cl)c2Cl)n1)N1C2CCC1CC2. The number of rotatable bonds is 2. The van der Waals surface area contributed by atoms with Crippen LogP contribution in [0.4, 0.5) is 0 Å². The van der Waals surface area contributed by atoms with Crippen molar-refractivity contribution in [3.8, 4) is 10.6 Å². The summed E-state index contributed by atoms with van der Waals surface area (Å²) in [5.74, 6) is 0.0608. The van der Waals surface area contributed by atoms with Crippen LogP contribution < -0.4 is 0 Å². The molecule has 1 amide bonds. The summed E-state index contributed by atoms with van der Waals surface area (Å²) in [6.07, 6.45) is 4.53. The summed E-state index contributed by atoms with van der Waals surface area (Å²) in [6.45, 7) is 0. The standard InChI is InChI=1S/C16H14Cl2N2OS/c17-12-3-1-2-11(14(12)18)15-19-13(8-22-15)16(21)20-9-4-5-10(20)7-6-9/h1-3,8-10H,4-7H2. The number of carbonyl (C=O) groups excluding carboxylic acids is 1. The predicted octanol–water partition coefficient (Wildman–Crippen LogP) is 4.88. The van der Waals surface area contributed by atoms with E-state index in [0.717, 1.165) is 36.3 Å². The average molecular weight is 353 g/mol. The molecule has 114 valence electrons. The van der Waals surface area contributed by atoms with E-state index >= 15 is 0 Å². The van der Waals surface area contributed by atoms with Crippen LogP contribution in [0.2, 0.25) is 10.0 Å². The number of nitrogens with zero attached hydrogens (tertiary/aromatic N) is 2. The Bertz CT molecular complexity index is 725. The lowest BCUT2D eigenvalue weighted by Gasteiger charge is -2.20. The van der Waals surface area contributed by atoms with Crippen molar-refractivity contribution in [1.29, 1.82) is 0 Å². The van der Waals surface area contributed by atoms with E-state index in [-0.39, 0.29) is 5.91 Å². The van der Waals surface area contributed by atoms with Gasteiger partial charge in [0.2, 0.25) is 0 Å². The second-order valence-corrected chi connectivity index (χ2v) is 7.46. The summed E-state index contributed by atoms with van der Waals surface area (Å²) in [6, 6.07) is 6.29. The Morgan fingerprint density at radius 3 is 2.55 bits per heavy atom. The third-order valence-corrected chi connectivity index (χ3v) is 6.29. The summed E-state index contributed by atoms with van der Waals surface area (Å²) < 4.78 is 0. The quantitative estimate of drug-likeness (QED) is 0.771. The van der Waals surface area contributed by atoms with Gasteiger partial charge in [-0.05, 0) is 31.7 Å². The highest BCUT2D eigenvalue weighted by atomic mass is 35.5. The first-order valence-corrected chi connectivity index (χ1v) is 9.01. The normalized spacial score (nSPS) is 23.3. The second kappa shape index (κ2) is 5.52. The molecule has 0 aliphatic carbocycles. The third kappa shape index (κ3) is 2.25. The fraction of sp³-hybridized carbons (Fsp3) is 0.375. The van der Waals surface area contributed by atoms with E-state index < -0.39 is 0 Å². The van der Waals surface area contributed by atoms with Crippen molar-refractivity contribution < 1.29 is 4.79 Å². The molecule has 3 nitrogen and oxygen atoms in total. The highest BCUT2D eigenvalue weighted by molar-refractivity contribution is 7.13. The minimum absolute atomic E-state index is 0.0608. The van der Waals surface area contributed by atoms with Gasteiger partial charge in [-0.1, -0.05) is 35.3 Å². The Morgan fingerprint density at radius 2 is 1.86 bits per heavy atom. The largest absolute Gasteiger partial charge is 0.331 e. The zero-order valence-electron chi connectivity index (χ0n) is 11.8. The summed E-state index contributed by atoms with van der Waals surface area (Å²) >= 11 is 13.7. The molecule has 0 unspecified atom stereocenters. The van der Waals surface area contributed by atoms with Gasteiger partial charge < -0.3 is 4.90 Å². The first-order chi connectivity index (χ1) is 10.6. The van der Waals surface area contributed by atoms with E-state index in [1.165, 1.54) is 11.3 Å². The van der Waals surface area contributed by atoms with Gasteiger partial charge in [-0.25, -0.2) is 4.98 Å². The number of amides is 1. The van der Waals surface area contributed by atoms with Gasteiger partial charge in [0.15, 0.2) is 0 Å². The van der Waals surface area contributed by atoms with Crippen molar-refractivity contribution in [2.75, 3.05) is 0 Å². The molecule has 0 N–H and O–H groups in total. The molecule has 2 aliphatic heterocycles. The van der Waals surface area contributed by atoms with Crippen LogP contribution in [-0.2, 0) is 0 Å². The average Bonchev–Trinajstić information content (AvgIpc) is 3.24. The van der Waals surface area contributed by atoms with E-state index in [1.807, 2.05) is 22.4 Å². The smallest absolute Gasteiger partial charge is 0.273 e. The van der Waals surface area contributed by atoms with Gasteiger partial charge in [0.1, 0.15) is 10.7 Å². The number of hydrogen-bond acceptors (Lipinski definition) is 3. The molecule has 4 rings (SSSR count). The molecule has 2 aromatic rings. The predicted molar refractivity (Wildman–Crippen MR) is 89.8 cm³/mol. The molecule has 6 heteroatoms. The molecule has 2 fully saturated rings. The van der Waals surface area contributed by atoms with Crippen molar-refractivity contribution in [3.05, 3.63) is 39.3 Å². The molecule has 1 aromatic heterocycles. The number of benzene rings is 1. The van der Waals surface area contributed by atoms with Crippen molar-refractivity contribution in [3.63, 3.8) is 0 Å². The van der Waals surface area contributed by atoms with E-state index in [1.54, 1.807) is 6.07 Å². The van der Waals surface area contributed by atoms with E-state index in [9.17, 15) is 4.79 Å². The first-order valence-electron chi connectivity index (χ1n) is 7.37. The highest BCUT2D eigenvalue weighted by Gasteiger charge is 2.42. The van der Waals surface area contributed by atoms with Crippen molar-refractivity contribution >= 4 is 40.4 Å². The van der Waals surface area contributed by atoms with Gasteiger partial charge in [0, 0.05) is 23.0 Å². The Hall–Kier alpha value is -1.10. The monoisotopic (exact) mass is 352 g/mol. The van der Waals surface area contributed by atoms with Crippen molar-refractivity contribution in [2.45, 2.75) is 37.8 Å². The topological polar surface area (TPSA) is 33.2 Å². The van der Waals surface area contributed by atoms with E-state index in [0.29, 0.717) is 27.8 Å². The lowest BCUT2D eigenvalue weighted by atomic mass is 10.0. The number of aromatic nitrogens is 1. The molecule has 2 saturated heterocycles. The number of thiazole rings is 1. The molecule has 0 atom stereocenters. The molecular weight excluding hydrogens is 339 g/mol. The minimum Gasteiger partial charge on any atom is -0.331 e. The summed E-state index contributed by atoms with van der Waals surface area (Å²) in [7, 11) is 0. The van der Waals surface area contributed by atoms with E-state index in [4.69, 9.17) is 23.2 Å². The lowest BCUT2D eigenvalue weighted by molar-refractivity contribution is 0.0725. The van der Waals surface area contributed by atoms with Gasteiger partial charge in [-0.15, -0.1) is 11.3 Å². The second-order valence-electron chi connectivity index (χ2n) is 5.81. The first kappa shape index (κ1) is 14.5. The molecule has 0 saturated carbocycles. The molecular formula is C16H14Cl2N2OS. The van der Waals surface area contributed by atoms with Gasteiger partial charge in [0.25, 0.3) is 5.91 Å². The summed E-state index contributed by atoms with van der Waals surface area (Å²) in [5.41, 5.74) is 1.30. The molecule has 2 bridgehead atoms. The van der Waals surface area contributed by atoms with Crippen LogP contribution in [0.25, 0.3) is 10.6 Å². The Balaban J connectivity index is 1.64. The van der Waals surface area contributed by atoms with Gasteiger partial charge in [-0.3, -0.25) is 4.79 Å². The van der Waals surface area contributed by atoms with Crippen LogP contribution >= 0.6 is 34.5 Å². The highest BCUT2D eigenvalue weighted by Crippen LogP contribution is 2.39. The lowest BCUT2D eigenvalue weighted by Crippen LogP contribution is -2.35. The van der Waals surface area contributed by atoms with Gasteiger partial charge in [-0.2, -0.15) is 0 Å². The number of hydrogen-bond donors (Lipinski definition) is 0. The number of halogens is 2. The van der Waals surface area contributed by atoms with Crippen molar-refractivity contribution in [2.24, 2.45) is 0 Å². The molecule has 2 aliphatic rings. The third-order valence-electron chi connectivity index (χ3n) is 4.59. The molecule has 0 spiro atoms. The maximum absolute atomic E-state index is 12.7. The van der Waals surface area contributed by atoms with Crippen molar-refractivity contribution in [1.82, 2.24) is 9.88 Å². The van der Waals surface area contributed by atoms with Crippen LogP contribution in [0.1, 0.15) is 36.2 Å². The number of carbonyl (C=O) groups is 1. The Labute approximate surface area is 142 Å². The number of fused-ring (bicyclic) bond motifs is 2. The minimum atomic E-state index is 0.0608. The van der Waals surface area contributed by atoms with Gasteiger partial charge >= 0.3 is 0 Å². The van der Waals surface area contributed by atoms with E-state index in [2.05, 4.69) is 4.98 Å². The Kier molecular flexibility index (Phi) is 3.63. The molecule has 22 heavy (non-hydrogen) atoms. The fourth-order valence-corrected chi connectivity index (χ4v) is 4.81. The maximum Gasteiger partial charge on any atom is 0.273 e. The summed E-state index contributed by atoms with van der Waals surface area (Å²) in [4.78, 5) is 19.3. The fourth-order valence-electron chi connectivity index (χ4n) is 3.54. The molecule has 0 radical (unpaired) electrons. The molecule has 1 aromatic carbocycles. The van der Waals surface area contributed by atoms with Crippen LogP contribution in [0.15, 0.2) is 23.6 Å². The van der Waals surface area contributed by atoms with Crippen LogP contribution in [0, 0.1) is 0 Å². The van der Waals surface area contributed by atoms with Gasteiger partial charge in [0.05, 0.1) is 10.0 Å². The zero-order valence-corrected chi connectivity index (χ0v) is 14.1. The van der Waals surface area contributed by atoms with Crippen LogP contribution in [0.3, 0.4) is 0 Å². The summed E-state index contributed by atoms with van der Waals surface area (Å²) in [5, 5.41) is 3.55. The zero-order chi connectivity index (χ0) is 15.3.